The van der Waals surface area contributed by atoms with Crippen molar-refractivity contribution in [2.45, 2.75) is 13.0 Å². The molecule has 5 nitrogen and oxygen atoms in total. The number of benzene rings is 3. The largest absolute Gasteiger partial charge is 0.361 e. The molecule has 36 heavy (non-hydrogen) atoms. The predicted octanol–water partition coefficient (Wildman–Crippen LogP) is 6.74. The van der Waals surface area contributed by atoms with Crippen LogP contribution in [0.2, 0.25) is 10.0 Å². The zero-order valence-electron chi connectivity index (χ0n) is 19.3. The Bertz CT molecular complexity index is 1660. The Morgan fingerprint density at radius 2 is 1.81 bits per heavy atom. The van der Waals surface area contributed by atoms with Gasteiger partial charge >= 0.3 is 0 Å². The number of carbonyl (C=O) groups excluding carboxylic acids is 1. The van der Waals surface area contributed by atoms with Gasteiger partial charge in [0.2, 0.25) is 0 Å². The van der Waals surface area contributed by atoms with Crippen LogP contribution >= 0.6 is 23.2 Å². The van der Waals surface area contributed by atoms with Crippen molar-refractivity contribution in [1.82, 2.24) is 14.9 Å². The molecule has 5 rings (SSSR count). The second-order valence-electron chi connectivity index (χ2n) is 8.50. The Hall–Kier alpha value is -3.98. The van der Waals surface area contributed by atoms with Crippen LogP contribution in [0.3, 0.4) is 0 Å². The van der Waals surface area contributed by atoms with Crippen molar-refractivity contribution < 1.29 is 4.79 Å². The summed E-state index contributed by atoms with van der Waals surface area (Å²) in [6, 6.07) is 23.4. The van der Waals surface area contributed by atoms with Crippen LogP contribution < -0.4 is 5.32 Å². The smallest absolute Gasteiger partial charge is 0.261 e. The molecule has 0 saturated carbocycles. The van der Waals surface area contributed by atoms with Crippen molar-refractivity contribution in [2.75, 3.05) is 6.54 Å². The van der Waals surface area contributed by atoms with E-state index >= 15 is 0 Å². The molecule has 0 radical (unpaired) electrons. The third kappa shape index (κ3) is 4.87. The first-order valence-electron chi connectivity index (χ1n) is 11.5. The van der Waals surface area contributed by atoms with E-state index in [0.717, 1.165) is 38.5 Å². The van der Waals surface area contributed by atoms with Gasteiger partial charge in [0.05, 0.1) is 0 Å². The molecule has 7 heteroatoms. The molecule has 0 fully saturated rings. The number of hydrogen-bond donors (Lipinski definition) is 2. The van der Waals surface area contributed by atoms with Crippen LogP contribution in [0.15, 0.2) is 84.7 Å². The van der Waals surface area contributed by atoms with Crippen molar-refractivity contribution >= 4 is 57.0 Å². The Morgan fingerprint density at radius 3 is 2.61 bits per heavy atom. The summed E-state index contributed by atoms with van der Waals surface area (Å²) in [6.45, 7) is 0.958. The van der Waals surface area contributed by atoms with Gasteiger partial charge < -0.3 is 14.9 Å². The Labute approximate surface area is 218 Å². The van der Waals surface area contributed by atoms with Gasteiger partial charge in [-0.3, -0.25) is 4.79 Å². The van der Waals surface area contributed by atoms with Gasteiger partial charge in [0, 0.05) is 62.9 Å². The molecule has 0 bridgehead atoms. The number of hydrogen-bond acceptors (Lipinski definition) is 2. The summed E-state index contributed by atoms with van der Waals surface area (Å²) in [5.74, 6) is -0.394. The highest BCUT2D eigenvalue weighted by molar-refractivity contribution is 6.35. The monoisotopic (exact) mass is 512 g/mol. The quantitative estimate of drug-likeness (QED) is 0.187. The highest BCUT2D eigenvalue weighted by atomic mass is 35.5. The fourth-order valence-electron chi connectivity index (χ4n) is 4.40. The average molecular weight is 513 g/mol. The summed E-state index contributed by atoms with van der Waals surface area (Å²) in [5.41, 5.74) is 4.94. The van der Waals surface area contributed by atoms with Crippen LogP contribution in [0, 0.1) is 11.3 Å². The van der Waals surface area contributed by atoms with Gasteiger partial charge in [-0.1, -0.05) is 65.7 Å². The molecule has 0 atom stereocenters. The summed E-state index contributed by atoms with van der Waals surface area (Å²) >= 11 is 12.4. The minimum atomic E-state index is -0.394. The number of fused-ring (bicyclic) bond motifs is 2. The van der Waals surface area contributed by atoms with Crippen molar-refractivity contribution in [3.63, 3.8) is 0 Å². The first kappa shape index (κ1) is 23.7. The number of H-pyrrole nitrogens is 1. The minimum Gasteiger partial charge on any atom is -0.361 e. The molecular weight excluding hydrogens is 491 g/mol. The molecule has 1 amide bonds. The third-order valence-electron chi connectivity index (χ3n) is 6.19. The zero-order chi connectivity index (χ0) is 25.1. The van der Waals surface area contributed by atoms with Crippen LogP contribution in [0.5, 0.6) is 0 Å². The fourth-order valence-corrected chi connectivity index (χ4v) is 4.87. The molecule has 2 N–H and O–H groups in total. The number of rotatable bonds is 7. The molecule has 0 saturated heterocycles. The maximum absolute atomic E-state index is 12.8. The number of carbonyl (C=O) groups is 1. The fraction of sp³-hybridized carbons (Fsp3) is 0.103. The lowest BCUT2D eigenvalue weighted by atomic mass is 10.1. The molecule has 0 aliphatic rings. The highest BCUT2D eigenvalue weighted by Crippen LogP contribution is 2.27. The number of aromatic amines is 1. The summed E-state index contributed by atoms with van der Waals surface area (Å²) in [4.78, 5) is 16.1. The molecular formula is C29H22Cl2N4O. The van der Waals surface area contributed by atoms with Gasteiger partial charge in [-0.2, -0.15) is 5.26 Å². The summed E-state index contributed by atoms with van der Waals surface area (Å²) in [6.07, 6.45) is 6.20. The van der Waals surface area contributed by atoms with Gasteiger partial charge in [-0.25, -0.2) is 0 Å². The average Bonchev–Trinajstić information content (AvgIpc) is 3.45. The van der Waals surface area contributed by atoms with E-state index < -0.39 is 5.91 Å². The number of aromatic nitrogens is 2. The number of nitrogens with one attached hydrogen (secondary N) is 2. The topological polar surface area (TPSA) is 73.6 Å². The van der Waals surface area contributed by atoms with E-state index in [1.165, 1.54) is 0 Å². The molecule has 2 aromatic heterocycles. The van der Waals surface area contributed by atoms with Crippen LogP contribution in [0.1, 0.15) is 16.7 Å². The van der Waals surface area contributed by atoms with Crippen LogP contribution in [0.25, 0.3) is 27.9 Å². The summed E-state index contributed by atoms with van der Waals surface area (Å²) in [5, 5.41) is 15.9. The molecule has 0 spiro atoms. The van der Waals surface area contributed by atoms with Crippen molar-refractivity contribution in [3.05, 3.63) is 111 Å². The van der Waals surface area contributed by atoms with E-state index in [4.69, 9.17) is 23.2 Å². The van der Waals surface area contributed by atoms with E-state index in [1.54, 1.807) is 12.1 Å². The predicted molar refractivity (Wildman–Crippen MR) is 146 cm³/mol. The van der Waals surface area contributed by atoms with E-state index in [0.29, 0.717) is 29.6 Å². The van der Waals surface area contributed by atoms with E-state index in [1.807, 2.05) is 67.0 Å². The minimum absolute atomic E-state index is 0.0568. The summed E-state index contributed by atoms with van der Waals surface area (Å²) < 4.78 is 2.06. The molecule has 5 aromatic rings. The SMILES string of the molecule is N#C/C(=C/c1cn(Cc2ccc(Cl)cc2Cl)c2ccccc12)C(=O)NCCc1c[nH]c2ccccc12. The van der Waals surface area contributed by atoms with E-state index in [9.17, 15) is 10.1 Å². The Morgan fingerprint density at radius 1 is 1.03 bits per heavy atom. The zero-order valence-corrected chi connectivity index (χ0v) is 20.8. The maximum atomic E-state index is 12.8. The number of nitrogens with zero attached hydrogens (tertiary/aromatic N) is 2. The second kappa shape index (κ2) is 10.3. The van der Waals surface area contributed by atoms with Gasteiger partial charge in [0.15, 0.2) is 0 Å². The normalized spacial score (nSPS) is 11.6. The number of halogens is 2. The van der Waals surface area contributed by atoms with Crippen molar-refractivity contribution in [1.29, 1.82) is 5.26 Å². The lowest BCUT2D eigenvalue weighted by Gasteiger charge is -2.08. The molecule has 178 valence electrons. The molecule has 2 heterocycles. The third-order valence-corrected chi connectivity index (χ3v) is 6.78. The first-order valence-corrected chi connectivity index (χ1v) is 12.3. The van der Waals surface area contributed by atoms with Crippen LogP contribution in [0.4, 0.5) is 0 Å². The highest BCUT2D eigenvalue weighted by Gasteiger charge is 2.14. The van der Waals surface area contributed by atoms with Gasteiger partial charge in [-0.15, -0.1) is 0 Å². The Kier molecular flexibility index (Phi) is 6.81. The summed E-state index contributed by atoms with van der Waals surface area (Å²) in [7, 11) is 0. The van der Waals surface area contributed by atoms with Crippen LogP contribution in [-0.4, -0.2) is 22.0 Å². The Balaban J connectivity index is 1.36. The lowest BCUT2D eigenvalue weighted by molar-refractivity contribution is -0.117. The van der Waals surface area contributed by atoms with Crippen LogP contribution in [-0.2, 0) is 17.8 Å². The van der Waals surface area contributed by atoms with Gasteiger partial charge in [0.1, 0.15) is 11.6 Å². The van der Waals surface area contributed by atoms with Gasteiger partial charge in [0.25, 0.3) is 5.91 Å². The van der Waals surface area contributed by atoms with Gasteiger partial charge in [-0.05, 0) is 47.9 Å². The van der Waals surface area contributed by atoms with E-state index in [2.05, 4.69) is 27.0 Å². The maximum Gasteiger partial charge on any atom is 0.261 e. The standard InChI is InChI=1S/C29H22Cl2N4O/c30-23-10-9-20(26(31)14-23)17-35-18-22(25-6-2-4-8-28(25)35)13-21(15-32)29(36)33-12-11-19-16-34-27-7-3-1-5-24(19)27/h1-10,13-14,16,18,34H,11-12,17H2,(H,33,36)/b21-13-. The molecule has 0 aliphatic heterocycles. The second-order valence-corrected chi connectivity index (χ2v) is 9.34. The molecule has 0 aliphatic carbocycles. The first-order chi connectivity index (χ1) is 17.5. The van der Waals surface area contributed by atoms with Crippen molar-refractivity contribution in [3.8, 4) is 6.07 Å². The lowest BCUT2D eigenvalue weighted by Crippen LogP contribution is -2.26. The number of nitriles is 1. The van der Waals surface area contributed by atoms with E-state index in [-0.39, 0.29) is 5.57 Å². The number of para-hydroxylation sites is 2. The molecule has 3 aromatic carbocycles. The van der Waals surface area contributed by atoms with Crippen molar-refractivity contribution in [2.24, 2.45) is 0 Å². The number of amides is 1. The molecule has 0 unspecified atom stereocenters.